The summed E-state index contributed by atoms with van der Waals surface area (Å²) in [6.45, 7) is 4.06. The van der Waals surface area contributed by atoms with Crippen molar-refractivity contribution in [1.82, 2.24) is 5.32 Å². The van der Waals surface area contributed by atoms with Gasteiger partial charge in [0.2, 0.25) is 5.91 Å². The molecule has 0 radical (unpaired) electrons. The highest BCUT2D eigenvalue weighted by Gasteiger charge is 2.26. The molecule has 0 fully saturated rings. The Balaban J connectivity index is 4.30. The minimum Gasteiger partial charge on any atom is -0.387 e. The van der Waals surface area contributed by atoms with Gasteiger partial charge in [-0.1, -0.05) is 159 Å². The van der Waals surface area contributed by atoms with Crippen molar-refractivity contribution in [3.8, 4) is 0 Å². The van der Waals surface area contributed by atoms with Gasteiger partial charge in [-0.3, -0.25) is 13.8 Å². The van der Waals surface area contributed by atoms with Crippen LogP contribution in [0.4, 0.5) is 0 Å². The third-order valence-corrected chi connectivity index (χ3v) is 9.67. The van der Waals surface area contributed by atoms with Gasteiger partial charge in [0.15, 0.2) is 0 Å². The Hall–Kier alpha value is -1.28. The number of aliphatic hydroxyl groups excluding tert-OH is 1. The van der Waals surface area contributed by atoms with E-state index in [1.165, 1.54) is 96.3 Å². The van der Waals surface area contributed by atoms with Crippen molar-refractivity contribution in [3.63, 3.8) is 0 Å². The fourth-order valence-electron chi connectivity index (χ4n) is 5.60. The van der Waals surface area contributed by atoms with Gasteiger partial charge in [-0.25, -0.2) is 4.57 Å². The van der Waals surface area contributed by atoms with Crippen molar-refractivity contribution < 1.29 is 28.4 Å². The average molecular weight is 713 g/mol. The van der Waals surface area contributed by atoms with Crippen molar-refractivity contribution in [2.24, 2.45) is 5.73 Å². The summed E-state index contributed by atoms with van der Waals surface area (Å²) in [5, 5.41) is 13.6. The van der Waals surface area contributed by atoms with Crippen LogP contribution in [0.1, 0.15) is 181 Å². The maximum atomic E-state index is 12.7. The van der Waals surface area contributed by atoms with Crippen LogP contribution in [0.3, 0.4) is 0 Å². The Bertz CT molecular complexity index is 866. The summed E-state index contributed by atoms with van der Waals surface area (Å²) in [5.74, 6) is -0.216. The van der Waals surface area contributed by atoms with E-state index in [1.807, 2.05) is 6.08 Å². The van der Waals surface area contributed by atoms with Crippen LogP contribution in [0.2, 0.25) is 0 Å². The molecule has 0 spiro atoms. The van der Waals surface area contributed by atoms with E-state index in [9.17, 15) is 19.4 Å². The first-order chi connectivity index (χ1) is 23.9. The zero-order valence-electron chi connectivity index (χ0n) is 31.7. The molecule has 0 aromatic rings. The molecule has 0 aromatic heterocycles. The van der Waals surface area contributed by atoms with E-state index < -0.39 is 20.0 Å². The molecular weight excluding hydrogens is 635 g/mol. The number of aliphatic hydroxyl groups is 1. The summed E-state index contributed by atoms with van der Waals surface area (Å²) in [4.78, 5) is 22.6. The number of allylic oxidation sites excluding steroid dienone is 5. The van der Waals surface area contributed by atoms with Gasteiger partial charge in [0, 0.05) is 13.0 Å². The molecule has 0 aliphatic carbocycles. The monoisotopic (exact) mass is 713 g/mol. The summed E-state index contributed by atoms with van der Waals surface area (Å²) >= 11 is 0. The number of carbonyl (C=O) groups is 1. The van der Waals surface area contributed by atoms with Gasteiger partial charge in [0.05, 0.1) is 25.4 Å². The Kier molecular flexibility index (Phi) is 35.6. The number of hydrogen-bond donors (Lipinski definition) is 4. The largest absolute Gasteiger partial charge is 0.472 e. The number of hydrogen-bond acceptors (Lipinski definition) is 6. The van der Waals surface area contributed by atoms with E-state index in [0.29, 0.717) is 6.42 Å². The maximum absolute atomic E-state index is 12.7. The van der Waals surface area contributed by atoms with Crippen LogP contribution in [-0.2, 0) is 18.4 Å². The number of rotatable bonds is 37. The number of phosphoric ester groups is 1. The van der Waals surface area contributed by atoms with Crippen molar-refractivity contribution >= 4 is 13.7 Å². The number of nitrogens with one attached hydrogen (secondary N) is 1. The van der Waals surface area contributed by atoms with Crippen LogP contribution in [0.15, 0.2) is 36.5 Å². The second kappa shape index (κ2) is 36.5. The molecule has 8 nitrogen and oxygen atoms in total. The number of amides is 1. The third-order valence-electron chi connectivity index (χ3n) is 8.69. The number of phosphoric acid groups is 1. The molecule has 0 heterocycles. The van der Waals surface area contributed by atoms with E-state index in [0.717, 1.165) is 64.2 Å². The lowest BCUT2D eigenvalue weighted by molar-refractivity contribution is -0.123. The number of carbonyl (C=O) groups excluding carboxylic acids is 1. The summed E-state index contributed by atoms with van der Waals surface area (Å²) in [6.07, 6.45) is 42.0. The van der Waals surface area contributed by atoms with Crippen molar-refractivity contribution in [2.45, 2.75) is 193 Å². The zero-order valence-corrected chi connectivity index (χ0v) is 32.6. The van der Waals surface area contributed by atoms with Crippen molar-refractivity contribution in [2.75, 3.05) is 19.8 Å². The van der Waals surface area contributed by atoms with Gasteiger partial charge >= 0.3 is 7.82 Å². The summed E-state index contributed by atoms with van der Waals surface area (Å²) in [7, 11) is -4.34. The first-order valence-electron chi connectivity index (χ1n) is 20.1. The maximum Gasteiger partial charge on any atom is 0.472 e. The normalized spacial score (nSPS) is 14.6. The fraction of sp³-hybridized carbons (Fsp3) is 0.825. The molecule has 49 heavy (non-hydrogen) atoms. The zero-order chi connectivity index (χ0) is 36.1. The molecule has 1 amide bonds. The van der Waals surface area contributed by atoms with E-state index in [1.54, 1.807) is 6.08 Å². The van der Waals surface area contributed by atoms with Gasteiger partial charge in [-0.05, 0) is 51.4 Å². The molecule has 0 aromatic carbocycles. The Labute approximate surface area is 301 Å². The predicted octanol–water partition coefficient (Wildman–Crippen LogP) is 10.8. The SMILES string of the molecule is CCCC/C=C\CCCCCCCC(=O)NC(COP(=O)(O)OCCN)C(O)/C=C/CC/C=C/CCCCCCCCCCCCCCC. The minimum absolute atomic E-state index is 0.0724. The molecule has 0 aliphatic heterocycles. The molecule has 0 bridgehead atoms. The quantitative estimate of drug-likeness (QED) is 0.0286. The highest BCUT2D eigenvalue weighted by molar-refractivity contribution is 7.47. The van der Waals surface area contributed by atoms with Gasteiger partial charge in [-0.2, -0.15) is 0 Å². The van der Waals surface area contributed by atoms with E-state index in [-0.39, 0.29) is 25.7 Å². The molecule has 0 saturated carbocycles. The first-order valence-corrected chi connectivity index (χ1v) is 21.6. The lowest BCUT2D eigenvalue weighted by Gasteiger charge is -2.23. The lowest BCUT2D eigenvalue weighted by Crippen LogP contribution is -2.45. The standard InChI is InChI=1S/C40H77N2O6P/c1-3-5-7-9-11-13-15-16-17-18-19-20-21-22-24-25-27-29-31-33-39(43)38(37-48-49(45,46)47-36-35-41)42-40(44)34-32-30-28-26-23-14-12-10-8-6-4-2/h10,12,24-25,31,33,38-39,43H,3-9,11,13-23,26-30,32,34-37,41H2,1-2H3,(H,42,44)(H,45,46)/b12-10-,25-24+,33-31+. The topological polar surface area (TPSA) is 131 Å². The average Bonchev–Trinajstić information content (AvgIpc) is 3.09. The van der Waals surface area contributed by atoms with Gasteiger partial charge in [0.25, 0.3) is 0 Å². The third kappa shape index (κ3) is 34.9. The van der Waals surface area contributed by atoms with Crippen molar-refractivity contribution in [3.05, 3.63) is 36.5 Å². The van der Waals surface area contributed by atoms with E-state index in [4.69, 9.17) is 14.8 Å². The highest BCUT2D eigenvalue weighted by atomic mass is 31.2. The van der Waals surface area contributed by atoms with Crippen LogP contribution < -0.4 is 11.1 Å². The Morgan fingerprint density at radius 1 is 0.653 bits per heavy atom. The minimum atomic E-state index is -4.34. The van der Waals surface area contributed by atoms with Gasteiger partial charge in [-0.15, -0.1) is 0 Å². The number of nitrogens with two attached hydrogens (primary N) is 1. The Morgan fingerprint density at radius 2 is 1.10 bits per heavy atom. The predicted molar refractivity (Wildman–Crippen MR) is 208 cm³/mol. The molecule has 3 unspecified atom stereocenters. The van der Waals surface area contributed by atoms with Crippen LogP contribution in [-0.4, -0.2) is 47.8 Å². The van der Waals surface area contributed by atoms with Gasteiger partial charge in [0.1, 0.15) is 0 Å². The molecule has 5 N–H and O–H groups in total. The molecule has 3 atom stereocenters. The van der Waals surface area contributed by atoms with Crippen LogP contribution >= 0.6 is 7.82 Å². The summed E-state index contributed by atoms with van der Waals surface area (Å²) in [5.41, 5.74) is 5.35. The van der Waals surface area contributed by atoms with Crippen molar-refractivity contribution in [1.29, 1.82) is 0 Å². The molecule has 0 aliphatic rings. The highest BCUT2D eigenvalue weighted by Crippen LogP contribution is 2.43. The second-order valence-electron chi connectivity index (χ2n) is 13.5. The second-order valence-corrected chi connectivity index (χ2v) is 14.9. The molecular formula is C40H77N2O6P. The van der Waals surface area contributed by atoms with E-state index >= 15 is 0 Å². The number of unbranched alkanes of at least 4 members (excludes halogenated alkanes) is 21. The van der Waals surface area contributed by atoms with Gasteiger partial charge < -0.3 is 21.1 Å². The van der Waals surface area contributed by atoms with Crippen LogP contribution in [0, 0.1) is 0 Å². The van der Waals surface area contributed by atoms with Crippen LogP contribution in [0.25, 0.3) is 0 Å². The van der Waals surface area contributed by atoms with E-state index in [2.05, 4.69) is 43.5 Å². The lowest BCUT2D eigenvalue weighted by atomic mass is 10.0. The smallest absolute Gasteiger partial charge is 0.387 e. The molecule has 9 heteroatoms. The molecule has 288 valence electrons. The Morgan fingerprint density at radius 3 is 1.63 bits per heavy atom. The summed E-state index contributed by atoms with van der Waals surface area (Å²) < 4.78 is 22.0. The molecule has 0 saturated heterocycles. The fourth-order valence-corrected chi connectivity index (χ4v) is 6.36. The first kappa shape index (κ1) is 47.7. The molecule has 0 rings (SSSR count). The van der Waals surface area contributed by atoms with Crippen LogP contribution in [0.5, 0.6) is 0 Å². The summed E-state index contributed by atoms with van der Waals surface area (Å²) in [6, 6.07) is -0.878.